The number of likely N-dealkylation sites (tertiary alicyclic amines) is 1. The number of nitrogens with zero attached hydrogens (tertiary/aromatic N) is 3. The molecule has 1 aliphatic heterocycles. The highest BCUT2D eigenvalue weighted by atomic mass is 15.3. The molecule has 4 nitrogen and oxygen atoms in total. The van der Waals surface area contributed by atoms with Gasteiger partial charge < -0.3 is 5.32 Å². The van der Waals surface area contributed by atoms with Crippen LogP contribution >= 0.6 is 0 Å². The Bertz CT molecular complexity index is 421. The van der Waals surface area contributed by atoms with Gasteiger partial charge in [-0.3, -0.25) is 9.58 Å². The van der Waals surface area contributed by atoms with E-state index >= 15 is 0 Å². The molecule has 2 aliphatic rings. The topological polar surface area (TPSA) is 33.1 Å². The zero-order valence-electron chi connectivity index (χ0n) is 11.7. The summed E-state index contributed by atoms with van der Waals surface area (Å²) in [5.74, 6) is 0. The van der Waals surface area contributed by atoms with Gasteiger partial charge in [0.25, 0.3) is 0 Å². The first-order valence-electron chi connectivity index (χ1n) is 7.13. The molecule has 2 unspecified atom stereocenters. The van der Waals surface area contributed by atoms with E-state index in [1.54, 1.807) is 0 Å². The van der Waals surface area contributed by atoms with Crippen LogP contribution in [0.4, 0.5) is 0 Å². The van der Waals surface area contributed by atoms with E-state index in [9.17, 15) is 0 Å². The largest absolute Gasteiger partial charge is 0.306 e. The molecule has 1 aromatic rings. The van der Waals surface area contributed by atoms with Crippen LogP contribution in [-0.2, 0) is 7.05 Å². The molecule has 0 amide bonds. The van der Waals surface area contributed by atoms with Gasteiger partial charge in [0.05, 0.1) is 6.20 Å². The summed E-state index contributed by atoms with van der Waals surface area (Å²) in [6, 6.07) is 1.97. The summed E-state index contributed by atoms with van der Waals surface area (Å²) in [6.45, 7) is 6.91. The van der Waals surface area contributed by atoms with Crippen molar-refractivity contribution in [3.05, 3.63) is 17.5 Å². The minimum atomic E-state index is 0.405. The van der Waals surface area contributed by atoms with Gasteiger partial charge in [0.2, 0.25) is 0 Å². The van der Waals surface area contributed by atoms with Crippen LogP contribution in [0.1, 0.15) is 43.5 Å². The summed E-state index contributed by atoms with van der Waals surface area (Å²) >= 11 is 0. The second kappa shape index (κ2) is 4.67. The van der Waals surface area contributed by atoms with Crippen LogP contribution in [0.3, 0.4) is 0 Å². The lowest BCUT2D eigenvalue weighted by Gasteiger charge is -2.20. The molecule has 2 heterocycles. The zero-order chi connectivity index (χ0) is 12.7. The Morgan fingerprint density at radius 2 is 2.17 bits per heavy atom. The van der Waals surface area contributed by atoms with Gasteiger partial charge in [0.1, 0.15) is 0 Å². The van der Waals surface area contributed by atoms with Crippen molar-refractivity contribution in [3.63, 3.8) is 0 Å². The van der Waals surface area contributed by atoms with Crippen molar-refractivity contribution in [2.45, 2.75) is 51.2 Å². The molecule has 3 rings (SSSR count). The summed E-state index contributed by atoms with van der Waals surface area (Å²) in [7, 11) is 2.01. The average molecular weight is 248 g/mol. The van der Waals surface area contributed by atoms with Crippen LogP contribution in [0.5, 0.6) is 0 Å². The predicted octanol–water partition coefficient (Wildman–Crippen LogP) is 1.62. The predicted molar refractivity (Wildman–Crippen MR) is 72.5 cm³/mol. The molecular formula is C14H24N4. The number of aryl methyl sites for hydroxylation is 1. The molecule has 0 spiro atoms. The summed E-state index contributed by atoms with van der Waals surface area (Å²) in [6.07, 6.45) is 6.13. The van der Waals surface area contributed by atoms with Gasteiger partial charge in [0.15, 0.2) is 0 Å². The molecule has 100 valence electrons. The highest BCUT2D eigenvalue weighted by molar-refractivity contribution is 5.20. The fraction of sp³-hybridized carbons (Fsp3) is 0.786. The van der Waals surface area contributed by atoms with Crippen LogP contribution in [0.2, 0.25) is 0 Å². The maximum absolute atomic E-state index is 4.33. The highest BCUT2D eigenvalue weighted by Gasteiger charge is 2.34. The quantitative estimate of drug-likeness (QED) is 0.879. The van der Waals surface area contributed by atoms with E-state index in [-0.39, 0.29) is 0 Å². The van der Waals surface area contributed by atoms with E-state index in [0.29, 0.717) is 12.1 Å². The standard InChI is InChI=1S/C14H24N4/c1-10(14-8-15-17(3)11(14)2)16-12-6-7-18(9-12)13-4-5-13/h8,10,12-13,16H,4-7,9H2,1-3H3. The van der Waals surface area contributed by atoms with Crippen molar-refractivity contribution in [1.29, 1.82) is 0 Å². The van der Waals surface area contributed by atoms with Crippen molar-refractivity contribution in [2.24, 2.45) is 7.05 Å². The summed E-state index contributed by atoms with van der Waals surface area (Å²) < 4.78 is 1.96. The number of nitrogens with one attached hydrogen (secondary N) is 1. The molecule has 1 aromatic heterocycles. The van der Waals surface area contributed by atoms with E-state index in [0.717, 1.165) is 6.04 Å². The van der Waals surface area contributed by atoms with Gasteiger partial charge in [-0.1, -0.05) is 0 Å². The molecule has 1 aliphatic carbocycles. The average Bonchev–Trinajstić information content (AvgIpc) is 3.01. The normalized spacial score (nSPS) is 26.7. The van der Waals surface area contributed by atoms with Gasteiger partial charge in [-0.25, -0.2) is 0 Å². The Morgan fingerprint density at radius 3 is 2.78 bits per heavy atom. The number of aromatic nitrogens is 2. The van der Waals surface area contributed by atoms with Crippen molar-refractivity contribution < 1.29 is 0 Å². The molecule has 4 heteroatoms. The molecule has 18 heavy (non-hydrogen) atoms. The zero-order valence-corrected chi connectivity index (χ0v) is 11.7. The van der Waals surface area contributed by atoms with Gasteiger partial charge in [-0.05, 0) is 33.1 Å². The molecule has 1 saturated heterocycles. The van der Waals surface area contributed by atoms with Crippen molar-refractivity contribution in [3.8, 4) is 0 Å². The van der Waals surface area contributed by atoms with Crippen LogP contribution in [-0.4, -0.2) is 39.9 Å². The summed E-state index contributed by atoms with van der Waals surface area (Å²) in [5.41, 5.74) is 2.61. The third-order valence-corrected chi connectivity index (χ3v) is 4.51. The second-order valence-electron chi connectivity index (χ2n) is 5.91. The molecule has 2 atom stereocenters. The fourth-order valence-electron chi connectivity index (χ4n) is 3.08. The van der Waals surface area contributed by atoms with Crippen LogP contribution in [0, 0.1) is 6.92 Å². The molecule has 2 fully saturated rings. The highest BCUT2D eigenvalue weighted by Crippen LogP contribution is 2.30. The van der Waals surface area contributed by atoms with Crippen molar-refractivity contribution >= 4 is 0 Å². The monoisotopic (exact) mass is 248 g/mol. The van der Waals surface area contributed by atoms with Gasteiger partial charge in [0, 0.05) is 49.5 Å². The van der Waals surface area contributed by atoms with Gasteiger partial charge >= 0.3 is 0 Å². The molecule has 1 N–H and O–H groups in total. The smallest absolute Gasteiger partial charge is 0.0540 e. The van der Waals surface area contributed by atoms with Crippen molar-refractivity contribution in [1.82, 2.24) is 20.0 Å². The third-order valence-electron chi connectivity index (χ3n) is 4.51. The maximum Gasteiger partial charge on any atom is 0.0540 e. The summed E-state index contributed by atoms with van der Waals surface area (Å²) in [5, 5.41) is 8.10. The van der Waals surface area contributed by atoms with E-state index in [1.165, 1.54) is 43.6 Å². The number of hydrogen-bond acceptors (Lipinski definition) is 3. The lowest BCUT2D eigenvalue weighted by Crippen LogP contribution is -2.35. The van der Waals surface area contributed by atoms with Crippen molar-refractivity contribution in [2.75, 3.05) is 13.1 Å². The molecule has 1 saturated carbocycles. The minimum Gasteiger partial charge on any atom is -0.306 e. The van der Waals surface area contributed by atoms with E-state index in [1.807, 2.05) is 17.9 Å². The first-order valence-corrected chi connectivity index (χ1v) is 7.13. The maximum atomic E-state index is 4.33. The van der Waals surface area contributed by atoms with Crippen LogP contribution in [0.25, 0.3) is 0 Å². The Morgan fingerprint density at radius 1 is 1.39 bits per heavy atom. The molecule has 0 radical (unpaired) electrons. The number of hydrogen-bond donors (Lipinski definition) is 1. The van der Waals surface area contributed by atoms with E-state index < -0.39 is 0 Å². The SMILES string of the molecule is Cc1c(C(C)NC2CCN(C3CC3)C2)cnn1C. The van der Waals surface area contributed by atoms with Crippen LogP contribution in [0.15, 0.2) is 6.20 Å². The van der Waals surface area contributed by atoms with Gasteiger partial charge in [-0.2, -0.15) is 5.10 Å². The first kappa shape index (κ1) is 12.2. The first-order chi connectivity index (χ1) is 8.65. The van der Waals surface area contributed by atoms with Crippen LogP contribution < -0.4 is 5.32 Å². The third kappa shape index (κ3) is 2.31. The Balaban J connectivity index is 1.58. The minimum absolute atomic E-state index is 0.405. The Hall–Kier alpha value is -0.870. The van der Waals surface area contributed by atoms with Gasteiger partial charge in [-0.15, -0.1) is 0 Å². The fourth-order valence-corrected chi connectivity index (χ4v) is 3.08. The Kier molecular flexibility index (Phi) is 3.16. The Labute approximate surface area is 109 Å². The molecule has 0 aromatic carbocycles. The summed E-state index contributed by atoms with van der Waals surface area (Å²) in [4.78, 5) is 2.65. The second-order valence-corrected chi connectivity index (χ2v) is 5.91. The number of rotatable bonds is 4. The lowest BCUT2D eigenvalue weighted by molar-refractivity contribution is 0.313. The molecular weight excluding hydrogens is 224 g/mol. The van der Waals surface area contributed by atoms with E-state index in [2.05, 4.69) is 29.2 Å². The lowest BCUT2D eigenvalue weighted by atomic mass is 10.1. The van der Waals surface area contributed by atoms with E-state index in [4.69, 9.17) is 0 Å². The molecule has 0 bridgehead atoms.